The summed E-state index contributed by atoms with van der Waals surface area (Å²) in [5.74, 6) is 0. The predicted molar refractivity (Wildman–Crippen MR) is 79.9 cm³/mol. The molecule has 2 aromatic carbocycles. The van der Waals surface area contributed by atoms with Crippen molar-refractivity contribution < 1.29 is 0 Å². The molecule has 0 spiro atoms. The minimum absolute atomic E-state index is 0.314. The number of benzene rings is 2. The summed E-state index contributed by atoms with van der Waals surface area (Å²) in [6, 6.07) is 22.1. The fraction of sp³-hybridized carbons (Fsp3) is 0.222. The van der Waals surface area contributed by atoms with Crippen LogP contribution in [-0.4, -0.2) is 0 Å². The first kappa shape index (κ1) is 12.2. The van der Waals surface area contributed by atoms with E-state index >= 15 is 0 Å². The summed E-state index contributed by atoms with van der Waals surface area (Å²) in [6.07, 6.45) is 6.88. The van der Waals surface area contributed by atoms with Gasteiger partial charge in [-0.15, -0.1) is 0 Å². The molecule has 1 N–H and O–H groups in total. The van der Waals surface area contributed by atoms with Crippen molar-refractivity contribution in [2.45, 2.75) is 24.9 Å². The Morgan fingerprint density at radius 1 is 0.789 bits per heavy atom. The van der Waals surface area contributed by atoms with Crippen molar-refractivity contribution in [1.82, 2.24) is 5.32 Å². The summed E-state index contributed by atoms with van der Waals surface area (Å²) < 4.78 is 0. The molecule has 19 heavy (non-hydrogen) atoms. The van der Waals surface area contributed by atoms with Crippen LogP contribution >= 0.6 is 0 Å². The Hall–Kier alpha value is -1.86. The third-order valence-corrected chi connectivity index (χ3v) is 3.69. The van der Waals surface area contributed by atoms with Crippen molar-refractivity contribution in [2.75, 3.05) is 0 Å². The Morgan fingerprint density at radius 2 is 1.42 bits per heavy atom. The lowest BCUT2D eigenvalue weighted by Crippen LogP contribution is -2.24. The molecule has 0 amide bonds. The van der Waals surface area contributed by atoms with E-state index in [-0.39, 0.29) is 0 Å². The van der Waals surface area contributed by atoms with Gasteiger partial charge in [0.25, 0.3) is 0 Å². The SMILES string of the molecule is C1=CC(c2ccccc2)NC(c2ccccc2)CC1. The summed E-state index contributed by atoms with van der Waals surface area (Å²) in [6.45, 7) is 0. The molecule has 2 atom stereocenters. The first-order valence-electron chi connectivity index (χ1n) is 6.96. The van der Waals surface area contributed by atoms with Gasteiger partial charge in [0, 0.05) is 6.04 Å². The minimum atomic E-state index is 0.314. The van der Waals surface area contributed by atoms with Gasteiger partial charge in [-0.1, -0.05) is 72.8 Å². The highest BCUT2D eigenvalue weighted by atomic mass is 14.9. The van der Waals surface area contributed by atoms with Gasteiger partial charge in [0.2, 0.25) is 0 Å². The van der Waals surface area contributed by atoms with Crippen LogP contribution in [0.25, 0.3) is 0 Å². The fourth-order valence-electron chi connectivity index (χ4n) is 2.67. The van der Waals surface area contributed by atoms with Crippen molar-refractivity contribution in [3.63, 3.8) is 0 Å². The molecular formula is C18H19N. The molecule has 1 nitrogen and oxygen atoms in total. The van der Waals surface area contributed by atoms with Crippen LogP contribution in [0.1, 0.15) is 36.1 Å². The first-order chi connectivity index (χ1) is 9.43. The smallest absolute Gasteiger partial charge is 0.0511 e. The first-order valence-corrected chi connectivity index (χ1v) is 6.96. The molecule has 1 aliphatic rings. The highest BCUT2D eigenvalue weighted by Crippen LogP contribution is 2.27. The number of hydrogen-bond acceptors (Lipinski definition) is 1. The van der Waals surface area contributed by atoms with E-state index in [9.17, 15) is 0 Å². The second-order valence-corrected chi connectivity index (χ2v) is 5.02. The van der Waals surface area contributed by atoms with Crippen molar-refractivity contribution in [3.8, 4) is 0 Å². The summed E-state index contributed by atoms with van der Waals surface area (Å²) in [4.78, 5) is 0. The van der Waals surface area contributed by atoms with Gasteiger partial charge >= 0.3 is 0 Å². The van der Waals surface area contributed by atoms with Crippen molar-refractivity contribution in [1.29, 1.82) is 0 Å². The zero-order valence-corrected chi connectivity index (χ0v) is 11.0. The molecule has 0 bridgehead atoms. The maximum absolute atomic E-state index is 3.76. The molecule has 0 saturated carbocycles. The van der Waals surface area contributed by atoms with Gasteiger partial charge in [0.15, 0.2) is 0 Å². The predicted octanol–water partition coefficient (Wildman–Crippen LogP) is 4.41. The van der Waals surface area contributed by atoms with Crippen molar-refractivity contribution >= 4 is 0 Å². The van der Waals surface area contributed by atoms with E-state index in [0.29, 0.717) is 12.1 Å². The third-order valence-electron chi connectivity index (χ3n) is 3.69. The van der Waals surface area contributed by atoms with Crippen LogP contribution in [0.3, 0.4) is 0 Å². The number of rotatable bonds is 2. The van der Waals surface area contributed by atoms with Crippen LogP contribution in [0.4, 0.5) is 0 Å². The molecule has 0 saturated heterocycles. The molecular weight excluding hydrogens is 230 g/mol. The van der Waals surface area contributed by atoms with Gasteiger partial charge in [-0.05, 0) is 24.0 Å². The van der Waals surface area contributed by atoms with Gasteiger partial charge in [-0.3, -0.25) is 5.32 Å². The Balaban J connectivity index is 1.83. The second kappa shape index (κ2) is 5.85. The molecule has 96 valence electrons. The largest absolute Gasteiger partial charge is 0.300 e. The molecule has 1 heteroatoms. The topological polar surface area (TPSA) is 12.0 Å². The molecule has 0 aromatic heterocycles. The van der Waals surface area contributed by atoms with Crippen LogP contribution in [0.2, 0.25) is 0 Å². The lowest BCUT2D eigenvalue weighted by atomic mass is 10.0. The van der Waals surface area contributed by atoms with Crippen molar-refractivity contribution in [3.05, 3.63) is 83.9 Å². The third kappa shape index (κ3) is 2.94. The van der Waals surface area contributed by atoms with Gasteiger partial charge in [-0.2, -0.15) is 0 Å². The average molecular weight is 249 g/mol. The lowest BCUT2D eigenvalue weighted by Gasteiger charge is -2.22. The van der Waals surface area contributed by atoms with E-state index in [1.165, 1.54) is 11.1 Å². The van der Waals surface area contributed by atoms with Gasteiger partial charge in [-0.25, -0.2) is 0 Å². The average Bonchev–Trinajstić information content (AvgIpc) is 2.75. The molecule has 1 aliphatic heterocycles. The standard InChI is InChI=1S/C18H19N/c1-3-9-15(10-4-1)17-13-7-8-14-18(19-17)16-11-5-2-6-12-16/h1-7,9-13,17-19H,8,14H2. The fourth-order valence-corrected chi connectivity index (χ4v) is 2.67. The zero-order chi connectivity index (χ0) is 12.9. The normalized spacial score (nSPS) is 22.9. The monoisotopic (exact) mass is 249 g/mol. The Bertz CT molecular complexity index is 530. The number of allylic oxidation sites excluding steroid dienone is 1. The van der Waals surface area contributed by atoms with Crippen LogP contribution in [-0.2, 0) is 0 Å². The molecule has 2 aromatic rings. The molecule has 1 heterocycles. The Morgan fingerprint density at radius 3 is 2.11 bits per heavy atom. The summed E-state index contributed by atoms with van der Waals surface area (Å²) in [5, 5.41) is 3.76. The van der Waals surface area contributed by atoms with Crippen LogP contribution in [0.15, 0.2) is 72.8 Å². The maximum atomic E-state index is 3.76. The highest BCUT2D eigenvalue weighted by Gasteiger charge is 2.18. The molecule has 0 aliphatic carbocycles. The van der Waals surface area contributed by atoms with Crippen LogP contribution in [0.5, 0.6) is 0 Å². The second-order valence-electron chi connectivity index (χ2n) is 5.02. The van der Waals surface area contributed by atoms with E-state index in [2.05, 4.69) is 78.1 Å². The quantitative estimate of drug-likeness (QED) is 0.777. The Kier molecular flexibility index (Phi) is 3.75. The molecule has 3 rings (SSSR count). The molecule has 2 unspecified atom stereocenters. The van der Waals surface area contributed by atoms with Crippen LogP contribution in [0, 0.1) is 0 Å². The summed E-state index contributed by atoms with van der Waals surface area (Å²) in [5.41, 5.74) is 2.72. The summed E-state index contributed by atoms with van der Waals surface area (Å²) in [7, 11) is 0. The van der Waals surface area contributed by atoms with E-state index in [4.69, 9.17) is 0 Å². The van der Waals surface area contributed by atoms with Gasteiger partial charge in [0.1, 0.15) is 0 Å². The number of hydrogen-bond donors (Lipinski definition) is 1. The highest BCUT2D eigenvalue weighted by molar-refractivity contribution is 5.26. The van der Waals surface area contributed by atoms with E-state index < -0.39 is 0 Å². The van der Waals surface area contributed by atoms with E-state index in [1.807, 2.05) is 0 Å². The van der Waals surface area contributed by atoms with Crippen LogP contribution < -0.4 is 5.32 Å². The maximum Gasteiger partial charge on any atom is 0.0511 e. The zero-order valence-electron chi connectivity index (χ0n) is 11.0. The minimum Gasteiger partial charge on any atom is -0.300 e. The molecule has 0 fully saturated rings. The van der Waals surface area contributed by atoms with Gasteiger partial charge < -0.3 is 0 Å². The lowest BCUT2D eigenvalue weighted by molar-refractivity contribution is 0.482. The van der Waals surface area contributed by atoms with Crippen molar-refractivity contribution in [2.24, 2.45) is 0 Å². The van der Waals surface area contributed by atoms with Gasteiger partial charge in [0.05, 0.1) is 6.04 Å². The number of nitrogens with one attached hydrogen (secondary N) is 1. The van der Waals surface area contributed by atoms with E-state index in [0.717, 1.165) is 12.8 Å². The van der Waals surface area contributed by atoms with E-state index in [1.54, 1.807) is 0 Å². The Labute approximate surface area is 115 Å². The summed E-state index contributed by atoms with van der Waals surface area (Å²) >= 11 is 0. The molecule has 0 radical (unpaired) electrons.